The summed E-state index contributed by atoms with van der Waals surface area (Å²) in [5.41, 5.74) is 6.55. The van der Waals surface area contributed by atoms with Gasteiger partial charge in [0, 0.05) is 16.3 Å². The van der Waals surface area contributed by atoms with Gasteiger partial charge in [0.15, 0.2) is 6.61 Å². The van der Waals surface area contributed by atoms with E-state index < -0.39 is 0 Å². The van der Waals surface area contributed by atoms with Crippen LogP contribution in [-0.2, 0) is 4.79 Å². The molecule has 164 valence electrons. The predicted octanol–water partition coefficient (Wildman–Crippen LogP) is 5.50. The highest BCUT2D eigenvalue weighted by Gasteiger charge is 2.09. The smallest absolute Gasteiger partial charge is 0.271 e. The molecular weight excluding hydrogens is 494 g/mol. The van der Waals surface area contributed by atoms with Gasteiger partial charge in [-0.15, -0.1) is 0 Å². The zero-order valence-electron chi connectivity index (χ0n) is 17.5. The average Bonchev–Trinajstić information content (AvgIpc) is 2.77. The van der Waals surface area contributed by atoms with Gasteiger partial charge in [0.2, 0.25) is 0 Å². The molecule has 2 N–H and O–H groups in total. The first-order chi connectivity index (χ1) is 15.3. The second-order valence-electron chi connectivity index (χ2n) is 6.98. The molecule has 3 rings (SSSR count). The third-order valence-electron chi connectivity index (χ3n) is 4.68. The minimum Gasteiger partial charge on any atom is -0.483 e. The first-order valence-electron chi connectivity index (χ1n) is 9.71. The van der Waals surface area contributed by atoms with E-state index >= 15 is 0 Å². The van der Waals surface area contributed by atoms with Crippen LogP contribution in [0.5, 0.6) is 5.75 Å². The molecule has 0 aromatic heterocycles. The molecule has 2 amide bonds. The van der Waals surface area contributed by atoms with Crippen LogP contribution < -0.4 is 15.5 Å². The number of hydrogen-bond donors (Lipinski definition) is 2. The number of amides is 2. The van der Waals surface area contributed by atoms with E-state index in [0.29, 0.717) is 20.8 Å². The van der Waals surface area contributed by atoms with Gasteiger partial charge in [-0.1, -0.05) is 23.7 Å². The number of carbonyl (C=O) groups excluding carboxylic acids is 2. The molecule has 0 unspecified atom stereocenters. The number of hydrogen-bond acceptors (Lipinski definition) is 4. The summed E-state index contributed by atoms with van der Waals surface area (Å²) in [5.74, 6) is -0.0728. The molecule has 0 saturated carbocycles. The molecule has 8 heteroatoms. The molecule has 0 saturated heterocycles. The van der Waals surface area contributed by atoms with Crippen LogP contribution in [0.3, 0.4) is 0 Å². The van der Waals surface area contributed by atoms with Crippen LogP contribution in [-0.4, -0.2) is 24.6 Å². The maximum Gasteiger partial charge on any atom is 0.271 e. The maximum atomic E-state index is 12.2. The number of rotatable bonds is 7. The number of aryl methyl sites for hydroxylation is 1. The molecule has 0 aliphatic rings. The summed E-state index contributed by atoms with van der Waals surface area (Å²) in [6.45, 7) is 3.82. The van der Waals surface area contributed by atoms with Crippen molar-refractivity contribution in [3.05, 3.63) is 92.4 Å². The zero-order chi connectivity index (χ0) is 23.1. The molecule has 0 radical (unpaired) electrons. The molecule has 0 atom stereocenters. The number of benzene rings is 3. The van der Waals surface area contributed by atoms with Crippen molar-refractivity contribution >= 4 is 51.2 Å². The third-order valence-corrected chi connectivity index (χ3v) is 5.55. The van der Waals surface area contributed by atoms with Crippen molar-refractivity contribution in [3.8, 4) is 5.75 Å². The van der Waals surface area contributed by atoms with E-state index in [9.17, 15) is 9.59 Å². The number of carbonyl (C=O) groups is 2. The fourth-order valence-electron chi connectivity index (χ4n) is 2.76. The van der Waals surface area contributed by atoms with Crippen LogP contribution >= 0.6 is 27.5 Å². The SMILES string of the molecule is Cc1cccc(NC(=O)COc2ccc(/C=N/NC(=O)c3ccc(Cl)cc3)cc2Br)c1C. The van der Waals surface area contributed by atoms with E-state index in [1.54, 1.807) is 42.5 Å². The van der Waals surface area contributed by atoms with E-state index in [0.717, 1.165) is 22.4 Å². The summed E-state index contributed by atoms with van der Waals surface area (Å²) in [7, 11) is 0. The standard InChI is InChI=1S/C24H21BrClN3O3/c1-15-4-3-5-21(16(15)2)28-23(30)14-32-22-11-6-17(12-20(22)25)13-27-29-24(31)18-7-9-19(26)10-8-18/h3-13H,14H2,1-2H3,(H,28,30)(H,29,31)/b27-13+. The minimum atomic E-state index is -0.341. The molecular formula is C24H21BrClN3O3. The first kappa shape index (κ1) is 23.5. The van der Waals surface area contributed by atoms with Crippen molar-refractivity contribution in [1.82, 2.24) is 5.43 Å². The molecule has 32 heavy (non-hydrogen) atoms. The van der Waals surface area contributed by atoms with Gasteiger partial charge in [-0.3, -0.25) is 9.59 Å². The first-order valence-corrected chi connectivity index (χ1v) is 10.9. The van der Waals surface area contributed by atoms with Crippen molar-refractivity contribution in [2.24, 2.45) is 5.10 Å². The largest absolute Gasteiger partial charge is 0.483 e. The lowest BCUT2D eigenvalue weighted by atomic mass is 10.1. The second kappa shape index (κ2) is 10.9. The number of ether oxygens (including phenoxy) is 1. The molecule has 0 spiro atoms. The van der Waals surface area contributed by atoms with Crippen LogP contribution in [0, 0.1) is 13.8 Å². The monoisotopic (exact) mass is 513 g/mol. The molecule has 0 aliphatic carbocycles. The zero-order valence-corrected chi connectivity index (χ0v) is 19.8. The average molecular weight is 515 g/mol. The summed E-state index contributed by atoms with van der Waals surface area (Å²) in [4.78, 5) is 24.3. The number of halogens is 2. The van der Waals surface area contributed by atoms with E-state index in [4.69, 9.17) is 16.3 Å². The van der Waals surface area contributed by atoms with Crippen LogP contribution in [0.15, 0.2) is 70.2 Å². The fourth-order valence-corrected chi connectivity index (χ4v) is 3.40. The van der Waals surface area contributed by atoms with Gasteiger partial charge in [-0.05, 0) is 95.0 Å². The Kier molecular flexibility index (Phi) is 8.03. The highest BCUT2D eigenvalue weighted by Crippen LogP contribution is 2.25. The van der Waals surface area contributed by atoms with Gasteiger partial charge in [0.1, 0.15) is 5.75 Å². The van der Waals surface area contributed by atoms with E-state index in [1.165, 1.54) is 6.21 Å². The molecule has 6 nitrogen and oxygen atoms in total. The minimum absolute atomic E-state index is 0.128. The number of hydrazone groups is 1. The van der Waals surface area contributed by atoms with Crippen molar-refractivity contribution in [1.29, 1.82) is 0 Å². The summed E-state index contributed by atoms with van der Waals surface area (Å²) >= 11 is 9.25. The highest BCUT2D eigenvalue weighted by molar-refractivity contribution is 9.10. The van der Waals surface area contributed by atoms with Crippen molar-refractivity contribution in [2.75, 3.05) is 11.9 Å². The summed E-state index contributed by atoms with van der Waals surface area (Å²) < 4.78 is 6.28. The van der Waals surface area contributed by atoms with Gasteiger partial charge < -0.3 is 10.1 Å². The number of anilines is 1. The van der Waals surface area contributed by atoms with Crippen molar-refractivity contribution in [3.63, 3.8) is 0 Å². The Hall–Kier alpha value is -3.16. The number of nitrogens with one attached hydrogen (secondary N) is 2. The molecule has 0 fully saturated rings. The number of nitrogens with zero attached hydrogens (tertiary/aromatic N) is 1. The summed E-state index contributed by atoms with van der Waals surface area (Å²) in [5, 5.41) is 7.38. The van der Waals surface area contributed by atoms with Gasteiger partial charge in [-0.25, -0.2) is 5.43 Å². The molecule has 0 heterocycles. The van der Waals surface area contributed by atoms with E-state index in [1.807, 2.05) is 32.0 Å². The lowest BCUT2D eigenvalue weighted by molar-refractivity contribution is -0.118. The lowest BCUT2D eigenvalue weighted by Crippen LogP contribution is -2.21. The Balaban J connectivity index is 1.53. The normalized spacial score (nSPS) is 10.8. The highest BCUT2D eigenvalue weighted by atomic mass is 79.9. The topological polar surface area (TPSA) is 79.8 Å². The van der Waals surface area contributed by atoms with Gasteiger partial charge in [0.05, 0.1) is 10.7 Å². The van der Waals surface area contributed by atoms with Gasteiger partial charge in [-0.2, -0.15) is 5.10 Å². The fraction of sp³-hybridized carbons (Fsp3) is 0.125. The second-order valence-corrected chi connectivity index (χ2v) is 8.27. The Morgan fingerprint density at radius 1 is 1.09 bits per heavy atom. The van der Waals surface area contributed by atoms with Crippen LogP contribution in [0.1, 0.15) is 27.0 Å². The van der Waals surface area contributed by atoms with Gasteiger partial charge >= 0.3 is 0 Å². The van der Waals surface area contributed by atoms with Crippen LogP contribution in [0.25, 0.3) is 0 Å². The van der Waals surface area contributed by atoms with Gasteiger partial charge in [0.25, 0.3) is 11.8 Å². The van der Waals surface area contributed by atoms with Crippen molar-refractivity contribution in [2.45, 2.75) is 13.8 Å². The molecule has 0 bridgehead atoms. The predicted molar refractivity (Wildman–Crippen MR) is 131 cm³/mol. The Bertz CT molecular complexity index is 1160. The van der Waals surface area contributed by atoms with Crippen LogP contribution in [0.4, 0.5) is 5.69 Å². The van der Waals surface area contributed by atoms with Crippen LogP contribution in [0.2, 0.25) is 5.02 Å². The lowest BCUT2D eigenvalue weighted by Gasteiger charge is -2.12. The Morgan fingerprint density at radius 2 is 1.84 bits per heavy atom. The quantitative estimate of drug-likeness (QED) is 0.323. The Labute approximate surface area is 199 Å². The summed E-state index contributed by atoms with van der Waals surface area (Å²) in [6, 6.07) is 17.5. The van der Waals surface area contributed by atoms with E-state index in [2.05, 4.69) is 31.8 Å². The third kappa shape index (κ3) is 6.42. The molecule has 0 aliphatic heterocycles. The van der Waals surface area contributed by atoms with E-state index in [-0.39, 0.29) is 18.4 Å². The Morgan fingerprint density at radius 3 is 2.56 bits per heavy atom. The molecule has 3 aromatic rings. The van der Waals surface area contributed by atoms with Crippen molar-refractivity contribution < 1.29 is 14.3 Å². The maximum absolute atomic E-state index is 12.2. The summed E-state index contributed by atoms with van der Waals surface area (Å²) in [6.07, 6.45) is 1.51. The molecule has 3 aromatic carbocycles.